The second kappa shape index (κ2) is 5.63. The number of alkyl halides is 1. The minimum Gasteiger partial charge on any atom is -0.341 e. The van der Waals surface area contributed by atoms with Gasteiger partial charge in [0.15, 0.2) is 0 Å². The molecule has 0 aliphatic carbocycles. The summed E-state index contributed by atoms with van der Waals surface area (Å²) in [5.41, 5.74) is 0.965. The van der Waals surface area contributed by atoms with Crippen molar-refractivity contribution in [2.75, 3.05) is 19.5 Å². The molecule has 1 aromatic rings. The van der Waals surface area contributed by atoms with E-state index < -0.39 is 4.92 Å². The van der Waals surface area contributed by atoms with E-state index in [-0.39, 0.29) is 11.6 Å². The number of hydrogen-bond donors (Lipinski definition) is 0. The molecule has 1 aromatic carbocycles. The van der Waals surface area contributed by atoms with E-state index in [9.17, 15) is 14.9 Å². The summed E-state index contributed by atoms with van der Waals surface area (Å²) in [7, 11) is 1.61. The van der Waals surface area contributed by atoms with Crippen molar-refractivity contribution in [2.24, 2.45) is 0 Å². The number of nitro benzene ring substituents is 1. The zero-order valence-electron chi connectivity index (χ0n) is 9.64. The minimum absolute atomic E-state index is 0.0850. The molecule has 0 spiro atoms. The molecule has 0 fully saturated rings. The molecule has 0 saturated carbocycles. The quantitative estimate of drug-likeness (QED) is 0.471. The molecule has 5 nitrogen and oxygen atoms in total. The van der Waals surface area contributed by atoms with Crippen molar-refractivity contribution >= 4 is 23.2 Å². The van der Waals surface area contributed by atoms with Crippen LogP contribution in [-0.2, 0) is 0 Å². The molecule has 0 aromatic heterocycles. The average molecular weight is 257 g/mol. The van der Waals surface area contributed by atoms with Gasteiger partial charge in [0.2, 0.25) is 0 Å². The van der Waals surface area contributed by atoms with Gasteiger partial charge in [-0.3, -0.25) is 14.9 Å². The van der Waals surface area contributed by atoms with E-state index in [0.29, 0.717) is 23.6 Å². The highest BCUT2D eigenvalue weighted by Gasteiger charge is 2.17. The third-order valence-electron chi connectivity index (χ3n) is 2.43. The van der Waals surface area contributed by atoms with E-state index in [1.165, 1.54) is 17.0 Å². The molecule has 0 radical (unpaired) electrons. The third kappa shape index (κ3) is 3.17. The van der Waals surface area contributed by atoms with Crippen molar-refractivity contribution in [2.45, 2.75) is 6.92 Å². The van der Waals surface area contributed by atoms with Crippen LogP contribution in [0.4, 0.5) is 5.69 Å². The van der Waals surface area contributed by atoms with Gasteiger partial charge >= 0.3 is 0 Å². The molecule has 0 aliphatic rings. The number of hydrogen-bond acceptors (Lipinski definition) is 3. The number of nitro groups is 1. The molecule has 0 saturated heterocycles. The fourth-order valence-electron chi connectivity index (χ4n) is 1.39. The molecule has 6 heteroatoms. The molecular formula is C11H13ClN2O3. The maximum absolute atomic E-state index is 12.0. The summed E-state index contributed by atoms with van der Waals surface area (Å²) >= 11 is 5.55. The average Bonchev–Trinajstić information content (AvgIpc) is 2.28. The van der Waals surface area contributed by atoms with Gasteiger partial charge in [-0.15, -0.1) is 11.6 Å². The molecule has 0 bridgehead atoms. The number of rotatable bonds is 4. The van der Waals surface area contributed by atoms with Gasteiger partial charge in [-0.05, 0) is 12.5 Å². The highest BCUT2D eigenvalue weighted by atomic mass is 35.5. The number of carbonyl (C=O) groups is 1. The van der Waals surface area contributed by atoms with Gasteiger partial charge in [0, 0.05) is 37.2 Å². The Hall–Kier alpha value is -1.62. The van der Waals surface area contributed by atoms with Gasteiger partial charge in [-0.1, -0.05) is 6.07 Å². The number of non-ortho nitro benzene ring substituents is 1. The molecule has 0 heterocycles. The molecule has 92 valence electrons. The van der Waals surface area contributed by atoms with Gasteiger partial charge in [0.25, 0.3) is 11.6 Å². The highest BCUT2D eigenvalue weighted by Crippen LogP contribution is 2.18. The Balaban J connectivity index is 3.07. The SMILES string of the molecule is Cc1ccc([N+](=O)[O-])cc1C(=O)N(C)CCCl. The summed E-state index contributed by atoms with van der Waals surface area (Å²) in [6, 6.07) is 4.25. The van der Waals surface area contributed by atoms with Crippen molar-refractivity contribution in [3.05, 3.63) is 39.4 Å². The normalized spacial score (nSPS) is 10.1. The fourth-order valence-corrected chi connectivity index (χ4v) is 1.64. The predicted octanol–water partition coefficient (Wildman–Crippen LogP) is 2.21. The Bertz CT molecular complexity index is 448. The molecule has 0 N–H and O–H groups in total. The molecule has 1 rings (SSSR count). The summed E-state index contributed by atoms with van der Waals surface area (Å²) in [6.07, 6.45) is 0. The fraction of sp³-hybridized carbons (Fsp3) is 0.364. The third-order valence-corrected chi connectivity index (χ3v) is 2.60. The Labute approximate surface area is 104 Å². The smallest absolute Gasteiger partial charge is 0.270 e. The van der Waals surface area contributed by atoms with E-state index in [2.05, 4.69) is 0 Å². The molecule has 0 aliphatic heterocycles. The van der Waals surface area contributed by atoms with Crippen LogP contribution in [-0.4, -0.2) is 35.2 Å². The van der Waals surface area contributed by atoms with Crippen LogP contribution >= 0.6 is 11.6 Å². The van der Waals surface area contributed by atoms with Crippen molar-refractivity contribution in [1.29, 1.82) is 0 Å². The van der Waals surface area contributed by atoms with Crippen LogP contribution in [0.25, 0.3) is 0 Å². The number of carbonyl (C=O) groups excluding carboxylic acids is 1. The Morgan fingerprint density at radius 2 is 2.18 bits per heavy atom. The molecule has 17 heavy (non-hydrogen) atoms. The zero-order chi connectivity index (χ0) is 13.0. The first-order chi connectivity index (χ1) is 7.97. The molecule has 0 atom stereocenters. The van der Waals surface area contributed by atoms with Crippen molar-refractivity contribution in [1.82, 2.24) is 4.90 Å². The van der Waals surface area contributed by atoms with Gasteiger partial charge in [-0.25, -0.2) is 0 Å². The Morgan fingerprint density at radius 1 is 1.53 bits per heavy atom. The number of aryl methyl sites for hydroxylation is 1. The molecule has 0 unspecified atom stereocenters. The summed E-state index contributed by atoms with van der Waals surface area (Å²) < 4.78 is 0. The summed E-state index contributed by atoms with van der Waals surface area (Å²) in [5, 5.41) is 10.6. The van der Waals surface area contributed by atoms with E-state index in [0.717, 1.165) is 0 Å². The Kier molecular flexibility index (Phi) is 4.45. The van der Waals surface area contributed by atoms with Crippen LogP contribution < -0.4 is 0 Å². The largest absolute Gasteiger partial charge is 0.341 e. The van der Waals surface area contributed by atoms with Gasteiger partial charge < -0.3 is 4.90 Å². The van der Waals surface area contributed by atoms with Crippen LogP contribution in [0.2, 0.25) is 0 Å². The van der Waals surface area contributed by atoms with Gasteiger partial charge in [0.1, 0.15) is 0 Å². The van der Waals surface area contributed by atoms with Crippen LogP contribution in [0.5, 0.6) is 0 Å². The van der Waals surface area contributed by atoms with E-state index in [4.69, 9.17) is 11.6 Å². The van der Waals surface area contributed by atoms with Gasteiger partial charge in [0.05, 0.1) is 4.92 Å². The number of halogens is 1. The van der Waals surface area contributed by atoms with E-state index in [1.807, 2.05) is 0 Å². The van der Waals surface area contributed by atoms with Crippen molar-refractivity contribution in [3.8, 4) is 0 Å². The second-order valence-electron chi connectivity index (χ2n) is 3.67. The summed E-state index contributed by atoms with van der Waals surface area (Å²) in [6.45, 7) is 2.15. The predicted molar refractivity (Wildman–Crippen MR) is 65.5 cm³/mol. The lowest BCUT2D eigenvalue weighted by Crippen LogP contribution is -2.29. The van der Waals surface area contributed by atoms with Crippen LogP contribution in [0, 0.1) is 17.0 Å². The molecule has 1 amide bonds. The lowest BCUT2D eigenvalue weighted by molar-refractivity contribution is -0.384. The highest BCUT2D eigenvalue weighted by molar-refractivity contribution is 6.18. The first-order valence-electron chi connectivity index (χ1n) is 5.04. The monoisotopic (exact) mass is 256 g/mol. The van der Waals surface area contributed by atoms with E-state index in [1.54, 1.807) is 20.0 Å². The van der Waals surface area contributed by atoms with Crippen molar-refractivity contribution in [3.63, 3.8) is 0 Å². The number of benzene rings is 1. The summed E-state index contributed by atoms with van der Waals surface area (Å²) in [4.78, 5) is 23.5. The van der Waals surface area contributed by atoms with Crippen LogP contribution in [0.3, 0.4) is 0 Å². The maximum Gasteiger partial charge on any atom is 0.270 e. The first kappa shape index (κ1) is 13.4. The topological polar surface area (TPSA) is 63.5 Å². The standard InChI is InChI=1S/C11H13ClN2O3/c1-8-3-4-9(14(16)17)7-10(8)11(15)13(2)6-5-12/h3-4,7H,5-6H2,1-2H3. The maximum atomic E-state index is 12.0. The molecular weight excluding hydrogens is 244 g/mol. The van der Waals surface area contributed by atoms with E-state index >= 15 is 0 Å². The van der Waals surface area contributed by atoms with Crippen LogP contribution in [0.1, 0.15) is 15.9 Å². The number of nitrogens with zero attached hydrogens (tertiary/aromatic N) is 2. The lowest BCUT2D eigenvalue weighted by atomic mass is 10.1. The van der Waals surface area contributed by atoms with Crippen molar-refractivity contribution < 1.29 is 9.72 Å². The Morgan fingerprint density at radius 3 is 2.71 bits per heavy atom. The summed E-state index contributed by atoms with van der Waals surface area (Å²) in [5.74, 6) is 0.0720. The minimum atomic E-state index is -0.516. The zero-order valence-corrected chi connectivity index (χ0v) is 10.4. The van der Waals surface area contributed by atoms with Crippen LogP contribution in [0.15, 0.2) is 18.2 Å². The first-order valence-corrected chi connectivity index (χ1v) is 5.57. The van der Waals surface area contributed by atoms with Gasteiger partial charge in [-0.2, -0.15) is 0 Å². The number of amides is 1. The second-order valence-corrected chi connectivity index (χ2v) is 4.05. The lowest BCUT2D eigenvalue weighted by Gasteiger charge is -2.16.